The van der Waals surface area contributed by atoms with Gasteiger partial charge in [-0.05, 0) is 69.1 Å². The smallest absolute Gasteiger partial charge is 0.170 e. The lowest BCUT2D eigenvalue weighted by Crippen LogP contribution is -2.34. The van der Waals surface area contributed by atoms with Crippen LogP contribution in [0.1, 0.15) is 53.6 Å². The Bertz CT molecular complexity index is 1110. The fourth-order valence-electron chi connectivity index (χ4n) is 4.11. The Kier molecular flexibility index (Phi) is 5.60. The molecule has 0 bridgehead atoms. The topological polar surface area (TPSA) is 68.0 Å². The lowest BCUT2D eigenvalue weighted by atomic mass is 9.91. The second kappa shape index (κ2) is 9.66. The zero-order chi connectivity index (χ0) is 24.3. The Hall–Kier alpha value is -2.64. The molecule has 1 aliphatic heterocycles. The van der Waals surface area contributed by atoms with E-state index in [1.807, 2.05) is 0 Å². The molecule has 7 heteroatoms. The highest BCUT2D eigenvalue weighted by atomic mass is 19.1. The summed E-state index contributed by atoms with van der Waals surface area (Å²) in [4.78, 5) is 2.36. The van der Waals surface area contributed by atoms with Crippen molar-refractivity contribution in [3.05, 3.63) is 53.5 Å². The molecule has 31 heavy (non-hydrogen) atoms. The number of hydrogen-bond donors (Lipinski definition) is 1. The van der Waals surface area contributed by atoms with Crippen molar-refractivity contribution in [3.63, 3.8) is 0 Å². The van der Waals surface area contributed by atoms with Gasteiger partial charge in [-0.3, -0.25) is 0 Å². The lowest BCUT2D eigenvalue weighted by Gasteiger charge is -2.31. The first kappa shape index (κ1) is 18.0. The van der Waals surface area contributed by atoms with Crippen molar-refractivity contribution in [3.8, 4) is 11.5 Å². The minimum atomic E-state index is -2.61. The first-order valence-corrected chi connectivity index (χ1v) is 10.6. The average Bonchev–Trinajstić information content (AvgIpc) is 3.19. The maximum absolute atomic E-state index is 13.4. The summed E-state index contributed by atoms with van der Waals surface area (Å²) in [7, 11) is -2.61. The number of benzene rings is 2. The van der Waals surface area contributed by atoms with Gasteiger partial charge >= 0.3 is 0 Å². The van der Waals surface area contributed by atoms with Crippen LogP contribution in [0.5, 0.6) is 11.5 Å². The molecule has 4 rings (SSSR count). The fourth-order valence-corrected chi connectivity index (χ4v) is 4.11. The van der Waals surface area contributed by atoms with Gasteiger partial charge in [-0.1, -0.05) is 11.2 Å². The normalized spacial score (nSPS) is 18.4. The van der Waals surface area contributed by atoms with E-state index in [1.54, 1.807) is 25.1 Å². The Morgan fingerprint density at radius 1 is 1.26 bits per heavy atom. The van der Waals surface area contributed by atoms with Crippen molar-refractivity contribution in [2.24, 2.45) is 0 Å². The van der Waals surface area contributed by atoms with Crippen LogP contribution in [0.15, 0.2) is 40.9 Å². The monoisotopic (exact) mass is 431 g/mol. The van der Waals surface area contributed by atoms with Gasteiger partial charge in [0.2, 0.25) is 0 Å². The molecular weight excluding hydrogens is 399 g/mol. The number of ether oxygens (including phenoxy) is 2. The van der Waals surface area contributed by atoms with Gasteiger partial charge in [-0.15, -0.1) is 0 Å². The molecule has 0 unspecified atom stereocenters. The molecule has 0 saturated carbocycles. The van der Waals surface area contributed by atoms with Crippen LogP contribution in [0, 0.1) is 5.82 Å². The third-order valence-electron chi connectivity index (χ3n) is 5.87. The minimum Gasteiger partial charge on any atom is -0.493 e. The molecule has 0 spiro atoms. The standard InChI is InChI=1S/C24H29FN2O4/c1-16(28)18-4-7-21(23(14-18)29-2)30-13-3-10-27-11-8-17(9-12-27)24-20-6-5-19(25)15-22(20)31-26-24/h4-7,14-17,28H,3,8-13H2,1-2H3/t16-/m1/s1/i2D3. The SMILES string of the molecule is [2H]C([2H])([2H])Oc1cc([C@@H](C)O)ccc1OCCCN1CCC(c2noc3cc(F)ccc23)CC1. The van der Waals surface area contributed by atoms with E-state index in [1.165, 1.54) is 18.2 Å². The van der Waals surface area contributed by atoms with Crippen LogP contribution in [0.3, 0.4) is 0 Å². The number of likely N-dealkylation sites (tertiary alicyclic amines) is 1. The number of nitrogens with zero attached hydrogens (tertiary/aromatic N) is 2. The third-order valence-corrected chi connectivity index (χ3v) is 5.87. The van der Waals surface area contributed by atoms with E-state index in [0.717, 1.165) is 50.0 Å². The van der Waals surface area contributed by atoms with Gasteiger partial charge in [-0.2, -0.15) is 0 Å². The van der Waals surface area contributed by atoms with Crippen LogP contribution >= 0.6 is 0 Å². The summed E-state index contributed by atoms with van der Waals surface area (Å²) in [5.41, 5.74) is 1.94. The molecule has 1 N–H and O–H groups in total. The maximum atomic E-state index is 13.4. The fraction of sp³-hybridized carbons (Fsp3) is 0.458. The summed E-state index contributed by atoms with van der Waals surface area (Å²) in [6.07, 6.45) is 1.91. The van der Waals surface area contributed by atoms with Crippen molar-refractivity contribution in [1.29, 1.82) is 0 Å². The Morgan fingerprint density at radius 3 is 2.87 bits per heavy atom. The second-order valence-corrected chi connectivity index (χ2v) is 8.01. The van der Waals surface area contributed by atoms with Crippen LogP contribution < -0.4 is 9.47 Å². The van der Waals surface area contributed by atoms with Crippen LogP contribution in [0.2, 0.25) is 0 Å². The lowest BCUT2D eigenvalue weighted by molar-refractivity contribution is 0.188. The molecule has 0 amide bonds. The number of aliphatic hydroxyl groups is 1. The summed E-state index contributed by atoms with van der Waals surface area (Å²) < 4.78 is 51.7. The number of hydrogen-bond acceptors (Lipinski definition) is 6. The number of rotatable bonds is 8. The minimum absolute atomic E-state index is 0.0962. The van der Waals surface area contributed by atoms with Crippen molar-refractivity contribution < 1.29 is 27.6 Å². The first-order valence-electron chi connectivity index (χ1n) is 12.1. The van der Waals surface area contributed by atoms with E-state index in [-0.39, 0.29) is 17.5 Å². The highest BCUT2D eigenvalue weighted by Gasteiger charge is 2.25. The summed E-state index contributed by atoms with van der Waals surface area (Å²) in [6, 6.07) is 9.36. The summed E-state index contributed by atoms with van der Waals surface area (Å²) in [5, 5.41) is 14.8. The van der Waals surface area contributed by atoms with Gasteiger partial charge in [0.1, 0.15) is 5.82 Å². The Labute approximate surface area is 185 Å². The van der Waals surface area contributed by atoms with Crippen LogP contribution in [-0.4, -0.2) is 48.4 Å². The summed E-state index contributed by atoms with van der Waals surface area (Å²) >= 11 is 0. The predicted molar refractivity (Wildman–Crippen MR) is 116 cm³/mol. The van der Waals surface area contributed by atoms with Crippen molar-refractivity contribution in [2.45, 2.75) is 38.2 Å². The van der Waals surface area contributed by atoms with Gasteiger partial charge in [0.25, 0.3) is 0 Å². The van der Waals surface area contributed by atoms with Gasteiger partial charge in [0.05, 0.1) is 29.6 Å². The molecule has 3 aromatic rings. The molecule has 2 aromatic carbocycles. The highest BCUT2D eigenvalue weighted by molar-refractivity contribution is 5.79. The molecule has 0 aliphatic carbocycles. The number of methoxy groups -OCH3 is 1. The first-order chi connectivity index (χ1) is 16.2. The molecule has 166 valence electrons. The molecule has 2 heterocycles. The molecule has 1 aliphatic rings. The van der Waals surface area contributed by atoms with Gasteiger partial charge in [-0.25, -0.2) is 4.39 Å². The van der Waals surface area contributed by atoms with Crippen molar-refractivity contribution in [1.82, 2.24) is 10.1 Å². The number of aromatic nitrogens is 1. The predicted octanol–water partition coefficient (Wildman–Crippen LogP) is 4.68. The average molecular weight is 432 g/mol. The van der Waals surface area contributed by atoms with E-state index >= 15 is 0 Å². The molecule has 1 saturated heterocycles. The zero-order valence-corrected chi connectivity index (χ0v) is 17.5. The maximum Gasteiger partial charge on any atom is 0.170 e. The molecule has 1 aromatic heterocycles. The van der Waals surface area contributed by atoms with E-state index in [9.17, 15) is 9.50 Å². The Balaban J connectivity index is 1.26. The van der Waals surface area contributed by atoms with Crippen LogP contribution in [0.4, 0.5) is 4.39 Å². The van der Waals surface area contributed by atoms with E-state index in [4.69, 9.17) is 18.1 Å². The quantitative estimate of drug-likeness (QED) is 0.523. The number of piperidine rings is 1. The Morgan fingerprint density at radius 2 is 2.10 bits per heavy atom. The number of fused-ring (bicyclic) bond motifs is 1. The summed E-state index contributed by atoms with van der Waals surface area (Å²) in [5.74, 6) is 0.391. The van der Waals surface area contributed by atoms with E-state index in [0.29, 0.717) is 23.5 Å². The third kappa shape index (κ3) is 4.99. The van der Waals surface area contributed by atoms with Gasteiger partial charge in [0, 0.05) is 23.9 Å². The molecular formula is C24H29FN2O4. The second-order valence-electron chi connectivity index (χ2n) is 8.01. The van der Waals surface area contributed by atoms with Gasteiger partial charge in [0.15, 0.2) is 17.1 Å². The van der Waals surface area contributed by atoms with Gasteiger partial charge < -0.3 is 24.0 Å². The summed E-state index contributed by atoms with van der Waals surface area (Å²) in [6.45, 7) is 4.68. The number of halogens is 1. The van der Waals surface area contributed by atoms with Crippen molar-refractivity contribution >= 4 is 11.0 Å². The molecule has 6 nitrogen and oxygen atoms in total. The van der Waals surface area contributed by atoms with Crippen LogP contribution in [0.25, 0.3) is 11.0 Å². The molecule has 1 atom stereocenters. The molecule has 0 radical (unpaired) electrons. The molecule has 1 fully saturated rings. The van der Waals surface area contributed by atoms with E-state index < -0.39 is 13.1 Å². The van der Waals surface area contributed by atoms with Crippen LogP contribution in [-0.2, 0) is 0 Å². The zero-order valence-electron chi connectivity index (χ0n) is 20.5. The van der Waals surface area contributed by atoms with E-state index in [2.05, 4.69) is 10.1 Å². The highest BCUT2D eigenvalue weighted by Crippen LogP contribution is 2.33. The largest absolute Gasteiger partial charge is 0.493 e. The number of aliphatic hydroxyl groups excluding tert-OH is 1. The van der Waals surface area contributed by atoms with Crippen molar-refractivity contribution in [2.75, 3.05) is 33.3 Å².